The molecule has 1 N–H and O–H groups in total. The summed E-state index contributed by atoms with van der Waals surface area (Å²) < 4.78 is 13.8. The van der Waals surface area contributed by atoms with E-state index in [-0.39, 0.29) is 11.7 Å². The molecule has 162 valence electrons. The van der Waals surface area contributed by atoms with Gasteiger partial charge in [0.1, 0.15) is 5.82 Å². The molecule has 1 atom stereocenters. The Labute approximate surface area is 183 Å². The van der Waals surface area contributed by atoms with Gasteiger partial charge >= 0.3 is 0 Å². The standard InChI is InChI=1S/C25H30FN5/c1-19(2)25(18-27,20-7-5-8-21(26)17-20)11-6-12-30-13-15-31(16-14-30)24-28-22-9-3-4-10-23(22)29-24/h3-5,7-10,17,19H,6,11-16H2,1-2H3,(H,28,29). The van der Waals surface area contributed by atoms with E-state index in [9.17, 15) is 9.65 Å². The molecule has 0 bridgehead atoms. The Kier molecular flexibility index (Phi) is 6.24. The van der Waals surface area contributed by atoms with Gasteiger partial charge in [-0.3, -0.25) is 4.90 Å². The Morgan fingerprint density at radius 1 is 1.13 bits per heavy atom. The van der Waals surface area contributed by atoms with Gasteiger partial charge in [0, 0.05) is 26.2 Å². The fourth-order valence-corrected chi connectivity index (χ4v) is 4.64. The van der Waals surface area contributed by atoms with E-state index in [4.69, 9.17) is 4.98 Å². The fourth-order valence-electron chi connectivity index (χ4n) is 4.64. The van der Waals surface area contributed by atoms with E-state index < -0.39 is 5.41 Å². The fraction of sp³-hybridized carbons (Fsp3) is 0.440. The average Bonchev–Trinajstić information content (AvgIpc) is 3.21. The van der Waals surface area contributed by atoms with Crippen molar-refractivity contribution in [3.05, 3.63) is 59.9 Å². The monoisotopic (exact) mass is 419 g/mol. The number of anilines is 1. The topological polar surface area (TPSA) is 59.0 Å². The number of benzene rings is 2. The predicted octanol–water partition coefficient (Wildman–Crippen LogP) is 4.72. The van der Waals surface area contributed by atoms with Crippen molar-refractivity contribution >= 4 is 17.0 Å². The highest BCUT2D eigenvalue weighted by Crippen LogP contribution is 2.37. The number of H-pyrrole nitrogens is 1. The van der Waals surface area contributed by atoms with E-state index in [1.807, 2.05) is 24.3 Å². The largest absolute Gasteiger partial charge is 0.340 e. The molecule has 3 aromatic rings. The molecular weight excluding hydrogens is 389 g/mol. The van der Waals surface area contributed by atoms with Crippen LogP contribution in [-0.2, 0) is 5.41 Å². The van der Waals surface area contributed by atoms with Crippen molar-refractivity contribution < 1.29 is 4.39 Å². The molecule has 0 amide bonds. The molecular formula is C25H30FN5. The van der Waals surface area contributed by atoms with Crippen molar-refractivity contribution in [2.24, 2.45) is 5.92 Å². The normalized spacial score (nSPS) is 17.1. The number of aromatic amines is 1. The highest BCUT2D eigenvalue weighted by atomic mass is 19.1. The maximum atomic E-state index is 13.8. The molecule has 5 nitrogen and oxygen atoms in total. The zero-order valence-electron chi connectivity index (χ0n) is 18.3. The maximum absolute atomic E-state index is 13.8. The molecule has 1 aliphatic rings. The summed E-state index contributed by atoms with van der Waals surface area (Å²) in [5.74, 6) is 0.777. The lowest BCUT2D eigenvalue weighted by molar-refractivity contribution is 0.238. The van der Waals surface area contributed by atoms with E-state index >= 15 is 0 Å². The van der Waals surface area contributed by atoms with Gasteiger partial charge in [-0.1, -0.05) is 38.1 Å². The molecule has 1 aromatic heterocycles. The Morgan fingerprint density at radius 3 is 2.58 bits per heavy atom. The van der Waals surface area contributed by atoms with Crippen LogP contribution in [-0.4, -0.2) is 47.6 Å². The minimum Gasteiger partial charge on any atom is -0.340 e. The van der Waals surface area contributed by atoms with Gasteiger partial charge in [0.25, 0.3) is 0 Å². The summed E-state index contributed by atoms with van der Waals surface area (Å²) in [4.78, 5) is 12.9. The number of aromatic nitrogens is 2. The molecule has 0 spiro atoms. The highest BCUT2D eigenvalue weighted by Gasteiger charge is 2.36. The molecule has 2 heterocycles. The van der Waals surface area contributed by atoms with Crippen molar-refractivity contribution in [3.63, 3.8) is 0 Å². The number of para-hydroxylation sites is 2. The van der Waals surface area contributed by atoms with E-state index in [1.165, 1.54) is 12.1 Å². The van der Waals surface area contributed by atoms with Gasteiger partial charge in [0.05, 0.1) is 22.5 Å². The van der Waals surface area contributed by atoms with Crippen LogP contribution in [0.25, 0.3) is 11.0 Å². The van der Waals surface area contributed by atoms with Crippen LogP contribution < -0.4 is 4.90 Å². The number of fused-ring (bicyclic) bond motifs is 1. The molecule has 0 saturated carbocycles. The van der Waals surface area contributed by atoms with Gasteiger partial charge in [-0.15, -0.1) is 0 Å². The first kappa shape index (κ1) is 21.3. The first-order chi connectivity index (χ1) is 15.0. The number of nitrogens with zero attached hydrogens (tertiary/aromatic N) is 4. The summed E-state index contributed by atoms with van der Waals surface area (Å²) in [5, 5.41) is 10.0. The summed E-state index contributed by atoms with van der Waals surface area (Å²) in [6.45, 7) is 8.85. The van der Waals surface area contributed by atoms with Gasteiger partial charge in [-0.05, 0) is 55.1 Å². The molecule has 31 heavy (non-hydrogen) atoms. The van der Waals surface area contributed by atoms with Gasteiger partial charge in [-0.25, -0.2) is 9.37 Å². The van der Waals surface area contributed by atoms with Gasteiger partial charge in [0.15, 0.2) is 0 Å². The molecule has 1 fully saturated rings. The molecule has 4 rings (SSSR count). The van der Waals surface area contributed by atoms with Crippen molar-refractivity contribution in [1.82, 2.24) is 14.9 Å². The maximum Gasteiger partial charge on any atom is 0.203 e. The first-order valence-corrected chi connectivity index (χ1v) is 11.1. The van der Waals surface area contributed by atoms with Crippen LogP contribution in [0.5, 0.6) is 0 Å². The van der Waals surface area contributed by atoms with Crippen LogP contribution in [0.15, 0.2) is 48.5 Å². The molecule has 1 saturated heterocycles. The Balaban J connectivity index is 1.34. The zero-order valence-corrected chi connectivity index (χ0v) is 18.3. The predicted molar refractivity (Wildman–Crippen MR) is 123 cm³/mol. The third-order valence-corrected chi connectivity index (χ3v) is 6.62. The van der Waals surface area contributed by atoms with Crippen LogP contribution in [0.4, 0.5) is 10.3 Å². The smallest absolute Gasteiger partial charge is 0.203 e. The molecule has 1 aliphatic heterocycles. The van der Waals surface area contributed by atoms with Crippen molar-refractivity contribution in [2.45, 2.75) is 32.1 Å². The summed E-state index contributed by atoms with van der Waals surface area (Å²) in [6.07, 6.45) is 1.64. The van der Waals surface area contributed by atoms with Crippen LogP contribution in [0.2, 0.25) is 0 Å². The number of imidazole rings is 1. The Hall–Kier alpha value is -2.91. The second kappa shape index (κ2) is 9.07. The average molecular weight is 420 g/mol. The zero-order chi connectivity index (χ0) is 21.8. The SMILES string of the molecule is CC(C)C(C#N)(CCCN1CCN(c2nc3ccccc3[nH]2)CC1)c1cccc(F)c1. The van der Waals surface area contributed by atoms with Crippen LogP contribution in [0, 0.1) is 23.1 Å². The van der Waals surface area contributed by atoms with Crippen molar-refractivity contribution in [1.29, 1.82) is 5.26 Å². The first-order valence-electron chi connectivity index (χ1n) is 11.1. The minimum absolute atomic E-state index is 0.115. The van der Waals surface area contributed by atoms with Crippen molar-refractivity contribution in [2.75, 3.05) is 37.6 Å². The third-order valence-electron chi connectivity index (χ3n) is 6.62. The summed E-state index contributed by atoms with van der Waals surface area (Å²) in [5.41, 5.74) is 2.20. The Morgan fingerprint density at radius 2 is 1.90 bits per heavy atom. The number of nitrogens with one attached hydrogen (secondary N) is 1. The van der Waals surface area contributed by atoms with Gasteiger partial charge in [0.2, 0.25) is 5.95 Å². The number of halogens is 1. The molecule has 0 radical (unpaired) electrons. The van der Waals surface area contributed by atoms with E-state index in [2.05, 4.69) is 40.8 Å². The second-order valence-corrected chi connectivity index (χ2v) is 8.76. The summed E-state index contributed by atoms with van der Waals surface area (Å²) in [6, 6.07) is 17.2. The Bertz CT molecular complexity index is 1030. The van der Waals surface area contributed by atoms with Crippen LogP contribution >= 0.6 is 0 Å². The van der Waals surface area contributed by atoms with Crippen LogP contribution in [0.3, 0.4) is 0 Å². The molecule has 6 heteroatoms. The quantitative estimate of drug-likeness (QED) is 0.602. The third kappa shape index (κ3) is 4.42. The van der Waals surface area contributed by atoms with Gasteiger partial charge in [-0.2, -0.15) is 5.26 Å². The van der Waals surface area contributed by atoms with E-state index in [1.54, 1.807) is 6.07 Å². The van der Waals surface area contributed by atoms with Gasteiger partial charge < -0.3 is 9.88 Å². The lowest BCUT2D eigenvalue weighted by Crippen LogP contribution is -2.47. The number of hydrogen-bond donors (Lipinski definition) is 1. The molecule has 0 aliphatic carbocycles. The number of piperazine rings is 1. The molecule has 2 aromatic carbocycles. The minimum atomic E-state index is -0.655. The number of nitriles is 1. The number of hydrogen-bond acceptors (Lipinski definition) is 4. The number of rotatable bonds is 7. The summed E-state index contributed by atoms with van der Waals surface area (Å²) >= 11 is 0. The van der Waals surface area contributed by atoms with Crippen LogP contribution in [0.1, 0.15) is 32.3 Å². The lowest BCUT2D eigenvalue weighted by atomic mass is 9.70. The molecule has 1 unspecified atom stereocenters. The second-order valence-electron chi connectivity index (χ2n) is 8.76. The van der Waals surface area contributed by atoms with E-state index in [0.717, 1.165) is 68.1 Å². The lowest BCUT2D eigenvalue weighted by Gasteiger charge is -2.36. The highest BCUT2D eigenvalue weighted by molar-refractivity contribution is 5.77. The van der Waals surface area contributed by atoms with E-state index in [0.29, 0.717) is 0 Å². The van der Waals surface area contributed by atoms with Crippen molar-refractivity contribution in [3.8, 4) is 6.07 Å². The summed E-state index contributed by atoms with van der Waals surface area (Å²) in [7, 11) is 0.